The Bertz CT molecular complexity index is 476. The molecule has 2 rings (SSSR count). The second kappa shape index (κ2) is 5.22. The van der Waals surface area contributed by atoms with Crippen LogP contribution in [0.15, 0.2) is 17.8 Å². The van der Waals surface area contributed by atoms with Crippen LogP contribution in [0.5, 0.6) is 0 Å². The second-order valence-electron chi connectivity index (χ2n) is 4.24. The number of carbonyl (C=O) groups is 1. The van der Waals surface area contributed by atoms with Crippen LogP contribution in [0.3, 0.4) is 0 Å². The minimum atomic E-state index is -4.46. The number of aromatic nitrogens is 1. The van der Waals surface area contributed by atoms with Gasteiger partial charge in [0.2, 0.25) is 0 Å². The van der Waals surface area contributed by atoms with Gasteiger partial charge in [-0.2, -0.15) is 13.2 Å². The molecule has 0 bridgehead atoms. The number of allylic oxidation sites excluding steroid dienone is 2. The average Bonchev–Trinajstić information content (AvgIpc) is 2.79. The summed E-state index contributed by atoms with van der Waals surface area (Å²) in [6.07, 6.45) is 2.81. The summed E-state index contributed by atoms with van der Waals surface area (Å²) >= 11 is 0.424. The largest absolute Gasteiger partial charge is 0.443 e. The van der Waals surface area contributed by atoms with Gasteiger partial charge in [-0.3, -0.25) is 4.79 Å². The lowest BCUT2D eigenvalue weighted by molar-refractivity contribution is -0.137. The Kier molecular flexibility index (Phi) is 3.85. The van der Waals surface area contributed by atoms with Gasteiger partial charge in [-0.05, 0) is 25.7 Å². The highest BCUT2D eigenvalue weighted by Crippen LogP contribution is 2.33. The number of nitrogens with zero attached hydrogens (tertiary/aromatic N) is 1. The third-order valence-corrected chi connectivity index (χ3v) is 3.88. The van der Waals surface area contributed by atoms with Crippen molar-refractivity contribution in [2.45, 2.75) is 38.3 Å². The molecule has 0 saturated carbocycles. The molecule has 0 amide bonds. The standard InChI is InChI=1S/C12H12F3NOS/c13-12(14,15)11-16-7-10(18-11)9(17)6-8-4-2-1-3-5-8/h4,7H,1-3,5-6H2. The van der Waals surface area contributed by atoms with Crippen molar-refractivity contribution in [3.63, 3.8) is 0 Å². The maximum atomic E-state index is 12.3. The number of ketones is 1. The van der Waals surface area contributed by atoms with Gasteiger partial charge in [0.15, 0.2) is 10.8 Å². The Morgan fingerprint density at radius 3 is 2.72 bits per heavy atom. The molecule has 1 aliphatic carbocycles. The normalized spacial score (nSPS) is 16.5. The molecule has 1 aromatic heterocycles. The fourth-order valence-electron chi connectivity index (χ4n) is 1.89. The number of hydrogen-bond acceptors (Lipinski definition) is 3. The first-order valence-corrected chi connectivity index (χ1v) is 6.52. The van der Waals surface area contributed by atoms with Crippen molar-refractivity contribution in [1.82, 2.24) is 4.98 Å². The fourth-order valence-corrected chi connectivity index (χ4v) is 2.61. The van der Waals surface area contributed by atoms with Gasteiger partial charge in [0.05, 0.1) is 4.88 Å². The zero-order valence-electron chi connectivity index (χ0n) is 9.59. The molecule has 6 heteroatoms. The minimum Gasteiger partial charge on any atom is -0.293 e. The van der Waals surface area contributed by atoms with Crippen molar-refractivity contribution < 1.29 is 18.0 Å². The number of carbonyl (C=O) groups excluding carboxylic acids is 1. The lowest BCUT2D eigenvalue weighted by Crippen LogP contribution is -2.03. The van der Waals surface area contributed by atoms with E-state index < -0.39 is 11.2 Å². The summed E-state index contributed by atoms with van der Waals surface area (Å²) < 4.78 is 37.0. The number of alkyl halides is 3. The maximum absolute atomic E-state index is 12.3. The van der Waals surface area contributed by atoms with Crippen molar-refractivity contribution >= 4 is 17.1 Å². The molecule has 1 aliphatic rings. The summed E-state index contributed by atoms with van der Waals surface area (Å²) in [7, 11) is 0. The topological polar surface area (TPSA) is 30.0 Å². The molecule has 98 valence electrons. The molecule has 2 nitrogen and oxygen atoms in total. The molecule has 0 N–H and O–H groups in total. The summed E-state index contributed by atoms with van der Waals surface area (Å²) in [5.74, 6) is -0.267. The zero-order chi connectivity index (χ0) is 13.2. The molecule has 0 aromatic carbocycles. The third kappa shape index (κ3) is 3.19. The van der Waals surface area contributed by atoms with Crippen LogP contribution in [0.25, 0.3) is 0 Å². The van der Waals surface area contributed by atoms with Crippen LogP contribution in [-0.2, 0) is 6.18 Å². The number of thiazole rings is 1. The molecule has 0 spiro atoms. The molecular weight excluding hydrogens is 263 g/mol. The smallest absolute Gasteiger partial charge is 0.293 e. The van der Waals surface area contributed by atoms with Gasteiger partial charge >= 0.3 is 6.18 Å². The van der Waals surface area contributed by atoms with Gasteiger partial charge in [0.1, 0.15) is 0 Å². The molecule has 0 radical (unpaired) electrons. The highest BCUT2D eigenvalue weighted by atomic mass is 32.1. The first-order valence-electron chi connectivity index (χ1n) is 5.71. The van der Waals surface area contributed by atoms with Crippen LogP contribution in [0.2, 0.25) is 0 Å². The molecule has 0 aliphatic heterocycles. The molecular formula is C12H12F3NOS. The van der Waals surface area contributed by atoms with E-state index >= 15 is 0 Å². The minimum absolute atomic E-state index is 0.0915. The molecule has 0 unspecified atom stereocenters. The van der Waals surface area contributed by atoms with Crippen molar-refractivity contribution in [1.29, 1.82) is 0 Å². The Balaban J connectivity index is 2.05. The van der Waals surface area contributed by atoms with Gasteiger partial charge in [0.25, 0.3) is 0 Å². The van der Waals surface area contributed by atoms with E-state index in [4.69, 9.17) is 0 Å². The molecule has 0 fully saturated rings. The Morgan fingerprint density at radius 2 is 2.17 bits per heavy atom. The van der Waals surface area contributed by atoms with E-state index in [1.807, 2.05) is 6.08 Å². The molecule has 0 atom stereocenters. The third-order valence-electron chi connectivity index (χ3n) is 2.80. The van der Waals surface area contributed by atoms with E-state index in [-0.39, 0.29) is 17.1 Å². The van der Waals surface area contributed by atoms with E-state index in [1.165, 1.54) is 0 Å². The quantitative estimate of drug-likeness (QED) is 0.610. The Morgan fingerprint density at radius 1 is 1.39 bits per heavy atom. The van der Waals surface area contributed by atoms with E-state index in [1.54, 1.807) is 0 Å². The van der Waals surface area contributed by atoms with Crippen LogP contribution in [0.1, 0.15) is 46.8 Å². The van der Waals surface area contributed by atoms with Crippen LogP contribution < -0.4 is 0 Å². The first kappa shape index (κ1) is 13.3. The summed E-state index contributed by atoms with van der Waals surface area (Å²) in [6, 6.07) is 0. The molecule has 1 aromatic rings. The van der Waals surface area contributed by atoms with Crippen molar-refractivity contribution in [3.05, 3.63) is 27.7 Å². The average molecular weight is 275 g/mol. The van der Waals surface area contributed by atoms with Gasteiger partial charge < -0.3 is 0 Å². The summed E-state index contributed by atoms with van der Waals surface area (Å²) in [4.78, 5) is 15.2. The van der Waals surface area contributed by atoms with Gasteiger partial charge in [-0.15, -0.1) is 11.3 Å². The van der Waals surface area contributed by atoms with E-state index in [9.17, 15) is 18.0 Å². The first-order chi connectivity index (χ1) is 8.47. The Labute approximate surface area is 107 Å². The monoisotopic (exact) mass is 275 g/mol. The SMILES string of the molecule is O=C(CC1=CCCCC1)c1cnc(C(F)(F)F)s1. The van der Waals surface area contributed by atoms with E-state index in [0.29, 0.717) is 11.3 Å². The zero-order valence-corrected chi connectivity index (χ0v) is 10.4. The van der Waals surface area contributed by atoms with Crippen LogP contribution in [-0.4, -0.2) is 10.8 Å². The summed E-state index contributed by atoms with van der Waals surface area (Å²) in [6.45, 7) is 0. The number of rotatable bonds is 3. The molecule has 1 heterocycles. The number of hydrogen-bond donors (Lipinski definition) is 0. The summed E-state index contributed by atoms with van der Waals surface area (Å²) in [5.41, 5.74) is 1.04. The van der Waals surface area contributed by atoms with Gasteiger partial charge in [-0.1, -0.05) is 11.6 Å². The lowest BCUT2D eigenvalue weighted by Gasteiger charge is -2.10. The van der Waals surface area contributed by atoms with Gasteiger partial charge in [0, 0.05) is 12.6 Å². The molecule has 0 saturated heterocycles. The summed E-state index contributed by atoms with van der Waals surface area (Å²) in [5, 5.41) is -0.955. The van der Waals surface area contributed by atoms with Crippen LogP contribution in [0, 0.1) is 0 Å². The maximum Gasteiger partial charge on any atom is 0.443 e. The highest BCUT2D eigenvalue weighted by Gasteiger charge is 2.35. The number of Topliss-reactive ketones (excluding diaryl/α,β-unsaturated/α-hetero) is 1. The molecule has 18 heavy (non-hydrogen) atoms. The van der Waals surface area contributed by atoms with Crippen LogP contribution >= 0.6 is 11.3 Å². The van der Waals surface area contributed by atoms with Crippen LogP contribution in [0.4, 0.5) is 13.2 Å². The number of halogens is 3. The highest BCUT2D eigenvalue weighted by molar-refractivity contribution is 7.13. The predicted octanol–water partition coefficient (Wildman–Crippen LogP) is 4.24. The predicted molar refractivity (Wildman–Crippen MR) is 62.6 cm³/mol. The van der Waals surface area contributed by atoms with E-state index in [2.05, 4.69) is 4.98 Å². The van der Waals surface area contributed by atoms with Crippen molar-refractivity contribution in [2.24, 2.45) is 0 Å². The van der Waals surface area contributed by atoms with Crippen molar-refractivity contribution in [2.75, 3.05) is 0 Å². The fraction of sp³-hybridized carbons (Fsp3) is 0.500. The van der Waals surface area contributed by atoms with Crippen molar-refractivity contribution in [3.8, 4) is 0 Å². The lowest BCUT2D eigenvalue weighted by atomic mass is 9.95. The van der Waals surface area contributed by atoms with E-state index in [0.717, 1.165) is 37.5 Å². The Hall–Kier alpha value is -1.17. The second-order valence-corrected chi connectivity index (χ2v) is 5.27. The van der Waals surface area contributed by atoms with Gasteiger partial charge in [-0.25, -0.2) is 4.98 Å².